The molecular weight excluding hydrogens is 396 g/mol. The van der Waals surface area contributed by atoms with E-state index in [1.165, 1.54) is 0 Å². The van der Waals surface area contributed by atoms with Gasteiger partial charge in [0.1, 0.15) is 0 Å². The molecule has 0 radical (unpaired) electrons. The molecule has 3 aromatic rings. The van der Waals surface area contributed by atoms with Crippen LogP contribution in [-0.2, 0) is 6.54 Å². The Morgan fingerprint density at radius 3 is 2.47 bits per heavy atom. The van der Waals surface area contributed by atoms with E-state index in [0.29, 0.717) is 5.56 Å². The molecule has 5 heteroatoms. The maximum atomic E-state index is 13.3. The monoisotopic (exact) mass is 422 g/mol. The predicted octanol–water partition coefficient (Wildman–Crippen LogP) is 5.16. The van der Waals surface area contributed by atoms with Gasteiger partial charge in [-0.1, -0.05) is 60.7 Å². The van der Waals surface area contributed by atoms with E-state index in [-0.39, 0.29) is 18.1 Å². The maximum Gasteiger partial charge on any atom is 0.322 e. The predicted molar refractivity (Wildman–Crippen MR) is 125 cm³/mol. The van der Waals surface area contributed by atoms with Crippen molar-refractivity contribution in [3.05, 3.63) is 101 Å². The molecule has 1 atom stereocenters. The van der Waals surface area contributed by atoms with Crippen LogP contribution in [0.15, 0.2) is 78.9 Å². The lowest BCUT2D eigenvalue weighted by Gasteiger charge is -2.45. The van der Waals surface area contributed by atoms with Crippen molar-refractivity contribution >= 4 is 11.7 Å². The molecule has 2 amide bonds. The van der Waals surface area contributed by atoms with Crippen LogP contribution in [-0.4, -0.2) is 35.0 Å². The van der Waals surface area contributed by atoms with Gasteiger partial charge in [-0.3, -0.25) is 4.90 Å². The van der Waals surface area contributed by atoms with Crippen LogP contribution in [0.25, 0.3) is 0 Å². The molecule has 1 saturated heterocycles. The lowest BCUT2D eigenvalue weighted by Crippen LogP contribution is -2.52. The standard InChI is InChI=1S/C27H26N4O/c28-18-20-7-6-8-21(17-20)19-30-15-13-23(14-16-30)31-26(22-9-2-1-3-10-22)24-11-4-5-12-25(24)29-27(31)32/h1-12,17,23,26H,13-16,19H2,(H,29,32). The second-order valence-electron chi connectivity index (χ2n) is 8.56. The van der Waals surface area contributed by atoms with Crippen LogP contribution in [0.4, 0.5) is 10.5 Å². The van der Waals surface area contributed by atoms with Crippen molar-refractivity contribution in [2.24, 2.45) is 0 Å². The van der Waals surface area contributed by atoms with Crippen molar-refractivity contribution < 1.29 is 4.79 Å². The minimum absolute atomic E-state index is 0.0160. The number of fused-ring (bicyclic) bond motifs is 1. The van der Waals surface area contributed by atoms with E-state index in [2.05, 4.69) is 45.5 Å². The summed E-state index contributed by atoms with van der Waals surface area (Å²) >= 11 is 0. The van der Waals surface area contributed by atoms with E-state index in [9.17, 15) is 4.79 Å². The summed E-state index contributed by atoms with van der Waals surface area (Å²) in [5.41, 5.74) is 5.05. The van der Waals surface area contributed by atoms with Crippen LogP contribution < -0.4 is 5.32 Å². The topological polar surface area (TPSA) is 59.4 Å². The van der Waals surface area contributed by atoms with Gasteiger partial charge in [0.15, 0.2) is 0 Å². The number of urea groups is 1. The number of rotatable bonds is 4. The fourth-order valence-corrected chi connectivity index (χ4v) is 5.00. The summed E-state index contributed by atoms with van der Waals surface area (Å²) < 4.78 is 0. The third kappa shape index (κ3) is 3.98. The van der Waals surface area contributed by atoms with E-state index >= 15 is 0 Å². The minimum atomic E-state index is -0.0787. The lowest BCUT2D eigenvalue weighted by molar-refractivity contribution is 0.106. The zero-order chi connectivity index (χ0) is 21.9. The molecule has 1 N–H and O–H groups in total. The molecule has 32 heavy (non-hydrogen) atoms. The first-order valence-electron chi connectivity index (χ1n) is 11.2. The Hall–Kier alpha value is -3.62. The van der Waals surface area contributed by atoms with E-state index in [1.807, 2.05) is 54.6 Å². The summed E-state index contributed by atoms with van der Waals surface area (Å²) in [6, 6.07) is 28.6. The number of benzene rings is 3. The van der Waals surface area contributed by atoms with Crippen molar-refractivity contribution in [2.75, 3.05) is 18.4 Å². The fraction of sp³-hybridized carbons (Fsp3) is 0.259. The van der Waals surface area contributed by atoms with Crippen molar-refractivity contribution in [3.63, 3.8) is 0 Å². The van der Waals surface area contributed by atoms with Gasteiger partial charge in [0.05, 0.1) is 17.7 Å². The normalized spacial score (nSPS) is 19.2. The van der Waals surface area contributed by atoms with Gasteiger partial charge in [0.25, 0.3) is 0 Å². The summed E-state index contributed by atoms with van der Waals surface area (Å²) in [6.07, 6.45) is 1.85. The number of nitriles is 1. The second-order valence-corrected chi connectivity index (χ2v) is 8.56. The van der Waals surface area contributed by atoms with Crippen molar-refractivity contribution in [3.8, 4) is 6.07 Å². The number of carbonyl (C=O) groups is 1. The third-order valence-corrected chi connectivity index (χ3v) is 6.54. The van der Waals surface area contributed by atoms with E-state index in [0.717, 1.165) is 54.9 Å². The van der Waals surface area contributed by atoms with Gasteiger partial charge in [-0.05, 0) is 42.2 Å². The Morgan fingerprint density at radius 2 is 1.69 bits per heavy atom. The molecular formula is C27H26N4O. The molecule has 2 aliphatic heterocycles. The molecule has 160 valence electrons. The van der Waals surface area contributed by atoms with E-state index in [4.69, 9.17) is 5.26 Å². The largest absolute Gasteiger partial charge is 0.322 e. The van der Waals surface area contributed by atoms with Crippen LogP contribution in [0.2, 0.25) is 0 Å². The molecule has 0 bridgehead atoms. The zero-order valence-electron chi connectivity index (χ0n) is 17.9. The molecule has 5 nitrogen and oxygen atoms in total. The summed E-state index contributed by atoms with van der Waals surface area (Å²) in [5, 5.41) is 12.3. The number of likely N-dealkylation sites (tertiary alicyclic amines) is 1. The molecule has 1 unspecified atom stereocenters. The average molecular weight is 423 g/mol. The first kappa shape index (κ1) is 20.3. The maximum absolute atomic E-state index is 13.3. The van der Waals surface area contributed by atoms with E-state index in [1.54, 1.807) is 0 Å². The number of nitrogens with zero attached hydrogens (tertiary/aromatic N) is 3. The Labute approximate surface area is 188 Å². The number of piperidine rings is 1. The van der Waals surface area contributed by atoms with Gasteiger partial charge in [-0.25, -0.2) is 4.79 Å². The van der Waals surface area contributed by atoms with Gasteiger partial charge >= 0.3 is 6.03 Å². The Kier molecular flexibility index (Phi) is 5.62. The molecule has 0 aromatic heterocycles. The van der Waals surface area contributed by atoms with Crippen molar-refractivity contribution in [1.82, 2.24) is 9.80 Å². The highest BCUT2D eigenvalue weighted by atomic mass is 16.2. The first-order valence-corrected chi connectivity index (χ1v) is 11.2. The highest BCUT2D eigenvalue weighted by molar-refractivity contribution is 5.93. The quantitative estimate of drug-likeness (QED) is 0.632. The van der Waals surface area contributed by atoms with Gasteiger partial charge in [-0.15, -0.1) is 0 Å². The molecule has 3 aromatic carbocycles. The molecule has 0 saturated carbocycles. The SMILES string of the molecule is N#Cc1cccc(CN2CCC(N3C(=O)Nc4ccccc4C3c3ccccc3)CC2)c1. The van der Waals surface area contributed by atoms with Crippen LogP contribution in [0, 0.1) is 11.3 Å². The number of nitrogens with one attached hydrogen (secondary N) is 1. The fourth-order valence-electron chi connectivity index (χ4n) is 5.00. The number of hydrogen-bond acceptors (Lipinski definition) is 3. The number of carbonyl (C=O) groups excluding carboxylic acids is 1. The molecule has 2 heterocycles. The summed E-state index contributed by atoms with van der Waals surface area (Å²) in [7, 11) is 0. The molecule has 2 aliphatic rings. The second kappa shape index (κ2) is 8.86. The van der Waals surface area contributed by atoms with Crippen LogP contribution >= 0.6 is 0 Å². The minimum Gasteiger partial charge on any atom is -0.310 e. The van der Waals surface area contributed by atoms with Crippen LogP contribution in [0.1, 0.15) is 41.1 Å². The Morgan fingerprint density at radius 1 is 0.938 bits per heavy atom. The van der Waals surface area contributed by atoms with Gasteiger partial charge in [0, 0.05) is 36.9 Å². The molecule has 0 spiro atoms. The summed E-state index contributed by atoms with van der Waals surface area (Å²) in [4.78, 5) is 17.7. The highest BCUT2D eigenvalue weighted by Gasteiger charge is 2.38. The number of para-hydroxylation sites is 1. The summed E-state index contributed by atoms with van der Waals surface area (Å²) in [6.45, 7) is 2.68. The first-order chi connectivity index (χ1) is 15.7. The molecule has 1 fully saturated rings. The average Bonchev–Trinajstić information content (AvgIpc) is 2.84. The van der Waals surface area contributed by atoms with E-state index < -0.39 is 0 Å². The van der Waals surface area contributed by atoms with Gasteiger partial charge in [-0.2, -0.15) is 5.26 Å². The zero-order valence-corrected chi connectivity index (χ0v) is 17.9. The van der Waals surface area contributed by atoms with Crippen LogP contribution in [0.5, 0.6) is 0 Å². The molecule has 5 rings (SSSR count). The Balaban J connectivity index is 1.36. The summed E-state index contributed by atoms with van der Waals surface area (Å²) in [5.74, 6) is 0. The van der Waals surface area contributed by atoms with Crippen molar-refractivity contribution in [2.45, 2.75) is 31.5 Å². The lowest BCUT2D eigenvalue weighted by atomic mass is 9.90. The number of hydrogen-bond donors (Lipinski definition) is 1. The van der Waals surface area contributed by atoms with Gasteiger partial charge < -0.3 is 10.2 Å². The van der Waals surface area contributed by atoms with Crippen molar-refractivity contribution in [1.29, 1.82) is 5.26 Å². The van der Waals surface area contributed by atoms with Gasteiger partial charge in [0.2, 0.25) is 0 Å². The Bertz CT molecular complexity index is 1150. The third-order valence-electron chi connectivity index (χ3n) is 6.54. The number of amides is 2. The number of anilines is 1. The highest BCUT2D eigenvalue weighted by Crippen LogP contribution is 2.40. The smallest absolute Gasteiger partial charge is 0.310 e. The molecule has 0 aliphatic carbocycles. The van der Waals surface area contributed by atoms with Crippen LogP contribution in [0.3, 0.4) is 0 Å².